The smallest absolute Gasteiger partial charge is 0.354 e. The first-order chi connectivity index (χ1) is 9.90. The zero-order valence-electron chi connectivity index (χ0n) is 11.6. The number of H-pyrrole nitrogens is 1. The highest BCUT2D eigenvalue weighted by Gasteiger charge is 2.33. The van der Waals surface area contributed by atoms with Gasteiger partial charge in [-0.25, -0.2) is 9.78 Å². The first-order valence-electron chi connectivity index (χ1n) is 6.49. The summed E-state index contributed by atoms with van der Waals surface area (Å²) in [6, 6.07) is 5.12. The van der Waals surface area contributed by atoms with E-state index in [-0.39, 0.29) is 16.8 Å². The second-order valence-corrected chi connectivity index (χ2v) is 5.64. The molecule has 6 nitrogen and oxygen atoms in total. The van der Waals surface area contributed by atoms with Crippen molar-refractivity contribution in [2.45, 2.75) is 19.3 Å². The molecular formula is C15H14N2O4. The second-order valence-electron chi connectivity index (χ2n) is 5.64. The molecule has 2 aromatic rings. The molecule has 1 aliphatic heterocycles. The molecule has 3 rings (SSSR count). The van der Waals surface area contributed by atoms with Crippen LogP contribution in [0.25, 0.3) is 0 Å². The molecule has 0 spiro atoms. The van der Waals surface area contributed by atoms with Crippen LogP contribution in [0.1, 0.15) is 46.0 Å². The third-order valence-corrected chi connectivity index (χ3v) is 3.63. The first-order valence-corrected chi connectivity index (χ1v) is 6.49. The molecule has 0 fully saturated rings. The number of nitrogens with zero attached hydrogens (tertiary/aromatic N) is 1. The van der Waals surface area contributed by atoms with Crippen LogP contribution in [0.2, 0.25) is 0 Å². The third-order valence-electron chi connectivity index (χ3n) is 3.63. The number of rotatable bonds is 3. The summed E-state index contributed by atoms with van der Waals surface area (Å²) >= 11 is 0. The standard InChI is InChI=1S/C15H14N2O4/c1-15(2)6-21-10-4-3-8(5-9(10)15)13(18)11-12(14(19)20)17-7-16-11/h3-5,7H,6H2,1-2H3,(H,16,17)(H,19,20). The number of carboxylic acid groups (broad SMARTS) is 1. The molecule has 1 aromatic carbocycles. The molecule has 21 heavy (non-hydrogen) atoms. The van der Waals surface area contributed by atoms with Gasteiger partial charge in [0.25, 0.3) is 0 Å². The lowest BCUT2D eigenvalue weighted by Gasteiger charge is -2.15. The van der Waals surface area contributed by atoms with Crippen molar-refractivity contribution in [2.24, 2.45) is 0 Å². The molecule has 6 heteroatoms. The Balaban J connectivity index is 2.04. The molecule has 0 bridgehead atoms. The van der Waals surface area contributed by atoms with Gasteiger partial charge in [0.05, 0.1) is 12.9 Å². The van der Waals surface area contributed by atoms with E-state index in [4.69, 9.17) is 9.84 Å². The SMILES string of the molecule is CC1(C)COc2ccc(C(=O)c3nc[nH]c3C(=O)O)cc21. The van der Waals surface area contributed by atoms with E-state index in [0.29, 0.717) is 12.2 Å². The summed E-state index contributed by atoms with van der Waals surface area (Å²) in [6.45, 7) is 4.62. The lowest BCUT2D eigenvalue weighted by molar-refractivity contribution is 0.0687. The van der Waals surface area contributed by atoms with Gasteiger partial charge in [0, 0.05) is 16.5 Å². The molecule has 0 unspecified atom stereocenters. The molecule has 0 saturated carbocycles. The number of carbonyl (C=O) groups is 2. The monoisotopic (exact) mass is 286 g/mol. The van der Waals surface area contributed by atoms with Crippen molar-refractivity contribution < 1.29 is 19.4 Å². The number of hydrogen-bond donors (Lipinski definition) is 2. The van der Waals surface area contributed by atoms with Gasteiger partial charge >= 0.3 is 5.97 Å². The van der Waals surface area contributed by atoms with E-state index in [1.165, 1.54) is 6.33 Å². The number of benzene rings is 1. The predicted octanol–water partition coefficient (Wildman–Crippen LogP) is 2.01. The van der Waals surface area contributed by atoms with Crippen LogP contribution in [0.5, 0.6) is 5.75 Å². The summed E-state index contributed by atoms with van der Waals surface area (Å²) in [5.41, 5.74) is 0.894. The average Bonchev–Trinajstić information content (AvgIpc) is 3.03. The number of aromatic carboxylic acids is 1. The van der Waals surface area contributed by atoms with E-state index in [9.17, 15) is 9.59 Å². The number of nitrogens with one attached hydrogen (secondary N) is 1. The molecular weight excluding hydrogens is 272 g/mol. The Morgan fingerprint density at radius 3 is 2.86 bits per heavy atom. The zero-order valence-corrected chi connectivity index (χ0v) is 11.6. The minimum absolute atomic E-state index is 0.0841. The predicted molar refractivity (Wildman–Crippen MR) is 73.9 cm³/mol. The van der Waals surface area contributed by atoms with E-state index in [1.54, 1.807) is 18.2 Å². The van der Waals surface area contributed by atoms with Crippen LogP contribution >= 0.6 is 0 Å². The van der Waals surface area contributed by atoms with E-state index in [1.807, 2.05) is 13.8 Å². The van der Waals surface area contributed by atoms with Crippen molar-refractivity contribution in [3.8, 4) is 5.75 Å². The maximum atomic E-state index is 12.5. The molecule has 108 valence electrons. The van der Waals surface area contributed by atoms with Crippen molar-refractivity contribution in [3.05, 3.63) is 47.0 Å². The van der Waals surface area contributed by atoms with E-state index in [0.717, 1.165) is 11.3 Å². The number of hydrogen-bond acceptors (Lipinski definition) is 4. The number of carboxylic acids is 1. The molecule has 0 saturated heterocycles. The van der Waals surface area contributed by atoms with Gasteiger partial charge in [0.1, 0.15) is 11.4 Å². The highest BCUT2D eigenvalue weighted by atomic mass is 16.5. The number of aromatic nitrogens is 2. The quantitative estimate of drug-likeness (QED) is 0.842. The Morgan fingerprint density at radius 2 is 2.14 bits per heavy atom. The average molecular weight is 286 g/mol. The van der Waals surface area contributed by atoms with Gasteiger partial charge in [-0.2, -0.15) is 0 Å². The lowest BCUT2D eigenvalue weighted by atomic mass is 9.85. The molecule has 1 aromatic heterocycles. The summed E-state index contributed by atoms with van der Waals surface area (Å²) in [4.78, 5) is 29.8. The molecule has 1 aliphatic rings. The Labute approximate surface area is 120 Å². The van der Waals surface area contributed by atoms with E-state index < -0.39 is 11.8 Å². The molecule has 2 N–H and O–H groups in total. The highest BCUT2D eigenvalue weighted by molar-refractivity contribution is 6.12. The van der Waals surface area contributed by atoms with Gasteiger partial charge in [0.2, 0.25) is 5.78 Å². The van der Waals surface area contributed by atoms with Crippen LogP contribution in [0.4, 0.5) is 0 Å². The fraction of sp³-hybridized carbons (Fsp3) is 0.267. The van der Waals surface area contributed by atoms with Gasteiger partial charge < -0.3 is 14.8 Å². The Hall–Kier alpha value is -2.63. The molecule has 0 radical (unpaired) electrons. The van der Waals surface area contributed by atoms with Gasteiger partial charge in [-0.05, 0) is 18.2 Å². The van der Waals surface area contributed by atoms with Crippen LogP contribution < -0.4 is 4.74 Å². The first kappa shape index (κ1) is 13.4. The topological polar surface area (TPSA) is 92.3 Å². The Bertz CT molecular complexity index is 746. The van der Waals surface area contributed by atoms with Crippen LogP contribution in [0.15, 0.2) is 24.5 Å². The van der Waals surface area contributed by atoms with Crippen molar-refractivity contribution in [1.29, 1.82) is 0 Å². The largest absolute Gasteiger partial charge is 0.492 e. The van der Waals surface area contributed by atoms with E-state index >= 15 is 0 Å². The normalized spacial score (nSPS) is 15.3. The fourth-order valence-corrected chi connectivity index (χ4v) is 2.43. The molecule has 0 amide bonds. The number of ether oxygens (including phenoxy) is 1. The molecule has 0 aliphatic carbocycles. The van der Waals surface area contributed by atoms with Crippen LogP contribution in [0, 0.1) is 0 Å². The maximum Gasteiger partial charge on any atom is 0.354 e. The maximum absolute atomic E-state index is 12.5. The summed E-state index contributed by atoms with van der Waals surface area (Å²) in [6.07, 6.45) is 1.21. The lowest BCUT2D eigenvalue weighted by Crippen LogP contribution is -2.18. The number of imidazole rings is 1. The second kappa shape index (κ2) is 4.44. The number of aromatic amines is 1. The summed E-state index contributed by atoms with van der Waals surface area (Å²) in [5, 5.41) is 9.04. The molecule has 2 heterocycles. The number of ketones is 1. The third kappa shape index (κ3) is 2.08. The van der Waals surface area contributed by atoms with Gasteiger partial charge in [-0.15, -0.1) is 0 Å². The van der Waals surface area contributed by atoms with Crippen molar-refractivity contribution >= 4 is 11.8 Å². The number of carbonyl (C=O) groups excluding carboxylic acids is 1. The fourth-order valence-electron chi connectivity index (χ4n) is 2.43. The van der Waals surface area contributed by atoms with E-state index in [2.05, 4.69) is 9.97 Å². The van der Waals surface area contributed by atoms with Crippen molar-refractivity contribution in [3.63, 3.8) is 0 Å². The Morgan fingerprint density at radius 1 is 1.38 bits per heavy atom. The summed E-state index contributed by atoms with van der Waals surface area (Å²) in [7, 11) is 0. The molecule has 0 atom stereocenters. The van der Waals surface area contributed by atoms with Crippen molar-refractivity contribution in [2.75, 3.05) is 6.61 Å². The zero-order chi connectivity index (χ0) is 15.2. The van der Waals surface area contributed by atoms with Crippen LogP contribution in [-0.4, -0.2) is 33.4 Å². The minimum Gasteiger partial charge on any atom is -0.492 e. The van der Waals surface area contributed by atoms with Gasteiger partial charge in [-0.1, -0.05) is 13.8 Å². The van der Waals surface area contributed by atoms with Crippen LogP contribution in [0.3, 0.4) is 0 Å². The Kier molecular flexibility index (Phi) is 2.83. The summed E-state index contributed by atoms with van der Waals surface area (Å²) in [5.74, 6) is -0.864. The van der Waals surface area contributed by atoms with Crippen molar-refractivity contribution in [1.82, 2.24) is 9.97 Å². The van der Waals surface area contributed by atoms with Gasteiger partial charge in [-0.3, -0.25) is 4.79 Å². The van der Waals surface area contributed by atoms with Crippen LogP contribution in [-0.2, 0) is 5.41 Å². The highest BCUT2D eigenvalue weighted by Crippen LogP contribution is 2.38. The van der Waals surface area contributed by atoms with Gasteiger partial charge in [0.15, 0.2) is 5.69 Å². The summed E-state index contributed by atoms with van der Waals surface area (Å²) < 4.78 is 5.57. The number of fused-ring (bicyclic) bond motifs is 1. The minimum atomic E-state index is -1.21.